The van der Waals surface area contributed by atoms with Gasteiger partial charge < -0.3 is 10.2 Å². The molecule has 0 aliphatic carbocycles. The van der Waals surface area contributed by atoms with E-state index in [0.717, 1.165) is 10.2 Å². The van der Waals surface area contributed by atoms with E-state index in [4.69, 9.17) is 0 Å². The van der Waals surface area contributed by atoms with Crippen LogP contribution in [0.25, 0.3) is 0 Å². The second-order valence-electron chi connectivity index (χ2n) is 5.17. The van der Waals surface area contributed by atoms with Gasteiger partial charge in [-0.25, -0.2) is 0 Å². The first kappa shape index (κ1) is 15.6. The van der Waals surface area contributed by atoms with E-state index in [-0.39, 0.29) is 11.9 Å². The van der Waals surface area contributed by atoms with Crippen molar-refractivity contribution in [2.75, 3.05) is 19.4 Å². The molecule has 0 saturated heterocycles. The molecule has 0 saturated carbocycles. The average molecular weight is 347 g/mol. The number of hydrogen-bond acceptors (Lipinski definition) is 2. The molecule has 2 aromatic rings. The van der Waals surface area contributed by atoms with Gasteiger partial charge in [-0.15, -0.1) is 0 Å². The van der Waals surface area contributed by atoms with Crippen molar-refractivity contribution in [2.45, 2.75) is 13.0 Å². The Morgan fingerprint density at radius 2 is 1.86 bits per heavy atom. The molecule has 1 N–H and O–H groups in total. The van der Waals surface area contributed by atoms with Crippen LogP contribution in [0.1, 0.15) is 28.9 Å². The fourth-order valence-electron chi connectivity index (χ4n) is 2.15. The summed E-state index contributed by atoms with van der Waals surface area (Å²) in [6.45, 7) is 2.10. The molecule has 1 unspecified atom stereocenters. The van der Waals surface area contributed by atoms with Crippen LogP contribution in [0.3, 0.4) is 0 Å². The third-order valence-corrected chi connectivity index (χ3v) is 3.99. The van der Waals surface area contributed by atoms with Crippen molar-refractivity contribution in [3.63, 3.8) is 0 Å². The van der Waals surface area contributed by atoms with Gasteiger partial charge in [-0.2, -0.15) is 0 Å². The molecule has 2 aromatic carbocycles. The van der Waals surface area contributed by atoms with E-state index in [1.165, 1.54) is 5.56 Å². The number of carbonyl (C=O) groups is 1. The molecule has 21 heavy (non-hydrogen) atoms. The minimum atomic E-state index is 0.00666. The van der Waals surface area contributed by atoms with E-state index in [2.05, 4.69) is 34.2 Å². The Morgan fingerprint density at radius 1 is 1.14 bits per heavy atom. The Hall–Kier alpha value is -1.81. The largest absolute Gasteiger partial charge is 0.378 e. The lowest BCUT2D eigenvalue weighted by Crippen LogP contribution is -2.21. The van der Waals surface area contributed by atoms with Gasteiger partial charge >= 0.3 is 0 Å². The molecular formula is C17H19BrN2O. The van der Waals surface area contributed by atoms with Crippen LogP contribution in [0.15, 0.2) is 53.0 Å². The fourth-order valence-corrected chi connectivity index (χ4v) is 2.78. The van der Waals surface area contributed by atoms with Gasteiger partial charge in [0.15, 0.2) is 0 Å². The second kappa shape index (κ2) is 6.76. The Bertz CT molecular complexity index is 640. The molecule has 0 aromatic heterocycles. The number of nitrogens with zero attached hydrogens (tertiary/aromatic N) is 1. The maximum Gasteiger partial charge on any atom is 0.253 e. The lowest BCUT2D eigenvalue weighted by molar-refractivity contribution is 0.0827. The van der Waals surface area contributed by atoms with Crippen molar-refractivity contribution in [3.8, 4) is 0 Å². The van der Waals surface area contributed by atoms with Gasteiger partial charge in [0.1, 0.15) is 0 Å². The Balaban J connectivity index is 2.18. The van der Waals surface area contributed by atoms with Gasteiger partial charge in [0.25, 0.3) is 5.91 Å². The molecule has 110 valence electrons. The first-order valence-corrected chi connectivity index (χ1v) is 7.61. The van der Waals surface area contributed by atoms with Crippen LogP contribution in [0.2, 0.25) is 0 Å². The molecule has 0 bridgehead atoms. The fraction of sp³-hybridized carbons (Fsp3) is 0.235. The number of rotatable bonds is 4. The lowest BCUT2D eigenvalue weighted by atomic mass is 10.1. The van der Waals surface area contributed by atoms with Crippen LogP contribution in [0, 0.1) is 0 Å². The van der Waals surface area contributed by atoms with Gasteiger partial charge in [-0.05, 0) is 36.8 Å². The van der Waals surface area contributed by atoms with E-state index in [0.29, 0.717) is 5.56 Å². The van der Waals surface area contributed by atoms with Gasteiger partial charge in [-0.1, -0.05) is 40.2 Å². The summed E-state index contributed by atoms with van der Waals surface area (Å²) in [5.74, 6) is 0.00666. The van der Waals surface area contributed by atoms with Crippen LogP contribution in [-0.4, -0.2) is 24.9 Å². The molecule has 1 amide bonds. The molecule has 0 fully saturated rings. The van der Waals surface area contributed by atoms with Crippen LogP contribution >= 0.6 is 15.9 Å². The Kier molecular flexibility index (Phi) is 5.02. The molecular weight excluding hydrogens is 328 g/mol. The van der Waals surface area contributed by atoms with E-state index in [1.54, 1.807) is 19.0 Å². The highest BCUT2D eigenvalue weighted by Gasteiger charge is 2.11. The summed E-state index contributed by atoms with van der Waals surface area (Å²) in [6, 6.07) is 15.8. The minimum absolute atomic E-state index is 0.00666. The number of hydrogen-bond donors (Lipinski definition) is 1. The normalized spacial score (nSPS) is 11.8. The molecule has 0 aliphatic rings. The topological polar surface area (TPSA) is 32.3 Å². The summed E-state index contributed by atoms with van der Waals surface area (Å²) in [5, 5.41) is 3.43. The number of carbonyl (C=O) groups excluding carboxylic acids is 1. The summed E-state index contributed by atoms with van der Waals surface area (Å²) >= 11 is 3.57. The van der Waals surface area contributed by atoms with Gasteiger partial charge in [0, 0.05) is 35.9 Å². The molecule has 0 aliphatic heterocycles. The molecule has 1 atom stereocenters. The number of nitrogens with one attached hydrogen (secondary N) is 1. The molecule has 4 heteroatoms. The maximum absolute atomic E-state index is 12.0. The molecule has 2 rings (SSSR count). The van der Waals surface area contributed by atoms with Gasteiger partial charge in [-0.3, -0.25) is 4.79 Å². The predicted octanol–water partition coefficient (Wildman–Crippen LogP) is 4.32. The van der Waals surface area contributed by atoms with E-state index >= 15 is 0 Å². The van der Waals surface area contributed by atoms with Crippen LogP contribution in [0.5, 0.6) is 0 Å². The van der Waals surface area contributed by atoms with Gasteiger partial charge in [0.05, 0.1) is 0 Å². The van der Waals surface area contributed by atoms with Gasteiger partial charge in [0.2, 0.25) is 0 Å². The molecule has 0 spiro atoms. The van der Waals surface area contributed by atoms with Crippen LogP contribution in [-0.2, 0) is 0 Å². The highest BCUT2D eigenvalue weighted by molar-refractivity contribution is 9.10. The third kappa shape index (κ3) is 3.85. The quantitative estimate of drug-likeness (QED) is 0.893. The maximum atomic E-state index is 12.0. The Labute approximate surface area is 134 Å². The van der Waals surface area contributed by atoms with Crippen molar-refractivity contribution in [1.82, 2.24) is 4.90 Å². The second-order valence-corrected chi connectivity index (χ2v) is 6.02. The SMILES string of the molecule is CC(Nc1cccc(C(=O)N(C)C)c1)c1ccccc1Br. The van der Waals surface area contributed by atoms with E-state index < -0.39 is 0 Å². The smallest absolute Gasteiger partial charge is 0.253 e. The number of halogens is 1. The highest BCUT2D eigenvalue weighted by Crippen LogP contribution is 2.26. The first-order valence-electron chi connectivity index (χ1n) is 6.81. The zero-order valence-corrected chi connectivity index (χ0v) is 14.0. The molecule has 0 heterocycles. The summed E-state index contributed by atoms with van der Waals surface area (Å²) in [6.07, 6.45) is 0. The summed E-state index contributed by atoms with van der Waals surface area (Å²) in [4.78, 5) is 13.6. The van der Waals surface area contributed by atoms with Crippen LogP contribution in [0.4, 0.5) is 5.69 Å². The molecule has 0 radical (unpaired) electrons. The predicted molar refractivity (Wildman–Crippen MR) is 90.6 cm³/mol. The zero-order chi connectivity index (χ0) is 15.4. The van der Waals surface area contributed by atoms with E-state index in [9.17, 15) is 4.79 Å². The summed E-state index contributed by atoms with van der Waals surface area (Å²) in [7, 11) is 3.51. The van der Waals surface area contributed by atoms with E-state index in [1.807, 2.05) is 42.5 Å². The Morgan fingerprint density at radius 3 is 2.52 bits per heavy atom. The first-order chi connectivity index (χ1) is 9.99. The summed E-state index contributed by atoms with van der Waals surface area (Å²) in [5.41, 5.74) is 2.80. The van der Waals surface area contributed by atoms with Crippen molar-refractivity contribution in [3.05, 3.63) is 64.1 Å². The highest BCUT2D eigenvalue weighted by atomic mass is 79.9. The molecule has 3 nitrogen and oxygen atoms in total. The van der Waals surface area contributed by atoms with Crippen molar-refractivity contribution < 1.29 is 4.79 Å². The standard InChI is InChI=1S/C17H19BrN2O/c1-12(15-9-4-5-10-16(15)18)19-14-8-6-7-13(11-14)17(21)20(2)3/h4-12,19H,1-3H3. The minimum Gasteiger partial charge on any atom is -0.378 e. The van der Waals surface area contributed by atoms with Crippen LogP contribution < -0.4 is 5.32 Å². The number of amides is 1. The monoisotopic (exact) mass is 346 g/mol. The van der Waals surface area contributed by atoms with Crippen molar-refractivity contribution in [2.24, 2.45) is 0 Å². The number of benzene rings is 2. The lowest BCUT2D eigenvalue weighted by Gasteiger charge is -2.18. The van der Waals surface area contributed by atoms with Crippen molar-refractivity contribution in [1.29, 1.82) is 0 Å². The van der Waals surface area contributed by atoms with Crippen molar-refractivity contribution >= 4 is 27.5 Å². The summed E-state index contributed by atoms with van der Waals surface area (Å²) < 4.78 is 1.07. The average Bonchev–Trinajstić information content (AvgIpc) is 2.47. The third-order valence-electron chi connectivity index (χ3n) is 3.27. The zero-order valence-electron chi connectivity index (χ0n) is 12.4. The number of anilines is 1.